The number of aryl methyl sites for hydroxylation is 1. The van der Waals surface area contributed by atoms with E-state index in [2.05, 4.69) is 11.9 Å². The van der Waals surface area contributed by atoms with Gasteiger partial charge < -0.3 is 5.11 Å². The second-order valence-electron chi connectivity index (χ2n) is 7.88. The van der Waals surface area contributed by atoms with E-state index in [0.717, 1.165) is 16.7 Å². The van der Waals surface area contributed by atoms with E-state index in [1.807, 2.05) is 18.2 Å². The Bertz CT molecular complexity index is 1460. The van der Waals surface area contributed by atoms with Gasteiger partial charge in [0.05, 0.1) is 21.8 Å². The van der Waals surface area contributed by atoms with E-state index in [9.17, 15) is 19.1 Å². The summed E-state index contributed by atoms with van der Waals surface area (Å²) in [6.45, 7) is 2.05. The molecule has 1 aromatic heterocycles. The number of aromatic nitrogens is 1. The highest BCUT2D eigenvalue weighted by molar-refractivity contribution is 7.22. The number of benzene rings is 3. The number of aliphatic hydroxyl groups excluding tert-OH is 1. The van der Waals surface area contributed by atoms with Crippen LogP contribution in [0.1, 0.15) is 29.7 Å². The van der Waals surface area contributed by atoms with E-state index < -0.39 is 23.5 Å². The number of carbonyl (C=O) groups is 2. The quantitative estimate of drug-likeness (QED) is 0.207. The number of rotatable bonds is 4. The largest absolute Gasteiger partial charge is 0.507 e. The van der Waals surface area contributed by atoms with Crippen LogP contribution < -0.4 is 4.90 Å². The maximum absolute atomic E-state index is 13.4. The van der Waals surface area contributed by atoms with Gasteiger partial charge in [-0.15, -0.1) is 0 Å². The molecule has 1 saturated heterocycles. The van der Waals surface area contributed by atoms with Crippen molar-refractivity contribution >= 4 is 55.7 Å². The van der Waals surface area contributed by atoms with Crippen LogP contribution in [0.4, 0.5) is 9.52 Å². The first-order valence-corrected chi connectivity index (χ1v) is 11.8. The van der Waals surface area contributed by atoms with Gasteiger partial charge in [-0.25, -0.2) is 9.37 Å². The Morgan fingerprint density at radius 1 is 1.09 bits per heavy atom. The van der Waals surface area contributed by atoms with Crippen molar-refractivity contribution in [3.63, 3.8) is 0 Å². The van der Waals surface area contributed by atoms with Crippen LogP contribution in [0, 0.1) is 5.82 Å². The summed E-state index contributed by atoms with van der Waals surface area (Å²) in [5.74, 6) is -2.49. The van der Waals surface area contributed by atoms with Crippen molar-refractivity contribution in [1.29, 1.82) is 0 Å². The fourth-order valence-corrected chi connectivity index (χ4v) is 5.22. The molecule has 2 heterocycles. The maximum Gasteiger partial charge on any atom is 0.301 e. The van der Waals surface area contributed by atoms with Crippen molar-refractivity contribution in [2.24, 2.45) is 0 Å². The lowest BCUT2D eigenvalue weighted by Crippen LogP contribution is -2.29. The van der Waals surface area contributed by atoms with E-state index in [-0.39, 0.29) is 16.9 Å². The van der Waals surface area contributed by atoms with Crippen molar-refractivity contribution in [1.82, 2.24) is 4.98 Å². The van der Waals surface area contributed by atoms with E-state index >= 15 is 0 Å². The van der Waals surface area contributed by atoms with E-state index in [0.29, 0.717) is 21.2 Å². The molecule has 0 radical (unpaired) electrons. The fourth-order valence-electron chi connectivity index (χ4n) is 4.03. The molecule has 0 spiro atoms. The van der Waals surface area contributed by atoms with Gasteiger partial charge in [-0.05, 0) is 66.1 Å². The number of amides is 1. The van der Waals surface area contributed by atoms with Crippen LogP contribution >= 0.6 is 22.9 Å². The van der Waals surface area contributed by atoms with Crippen LogP contribution in [0.3, 0.4) is 0 Å². The number of Topliss-reactive ketones (excluding diaryl/α,β-unsaturated/α-hetero) is 1. The molecule has 1 aliphatic rings. The van der Waals surface area contributed by atoms with Crippen molar-refractivity contribution in [2.45, 2.75) is 19.4 Å². The first kappa shape index (κ1) is 22.3. The van der Waals surface area contributed by atoms with Crippen LogP contribution in [-0.4, -0.2) is 21.8 Å². The van der Waals surface area contributed by atoms with Crippen LogP contribution in [-0.2, 0) is 16.0 Å². The Hall–Kier alpha value is -3.55. The Kier molecular flexibility index (Phi) is 5.67. The second-order valence-corrected chi connectivity index (χ2v) is 9.33. The average Bonchev–Trinajstić information content (AvgIpc) is 3.37. The summed E-state index contributed by atoms with van der Waals surface area (Å²) in [4.78, 5) is 32.4. The summed E-state index contributed by atoms with van der Waals surface area (Å²) in [7, 11) is 0. The zero-order valence-electron chi connectivity index (χ0n) is 18.0. The minimum absolute atomic E-state index is 0.0903. The highest BCUT2D eigenvalue weighted by Gasteiger charge is 2.48. The average molecular weight is 493 g/mol. The molecule has 0 saturated carbocycles. The predicted octanol–water partition coefficient (Wildman–Crippen LogP) is 6.28. The molecule has 1 N–H and O–H groups in total. The van der Waals surface area contributed by atoms with Crippen LogP contribution in [0.15, 0.2) is 72.3 Å². The fraction of sp³-hybridized carbons (Fsp3) is 0.115. The Morgan fingerprint density at radius 2 is 1.79 bits per heavy atom. The van der Waals surface area contributed by atoms with Gasteiger partial charge in [-0.3, -0.25) is 14.5 Å². The Labute approximate surface area is 203 Å². The number of halogens is 2. The van der Waals surface area contributed by atoms with Gasteiger partial charge in [0.1, 0.15) is 11.6 Å². The molecule has 0 aliphatic carbocycles. The smallest absolute Gasteiger partial charge is 0.301 e. The number of thiazole rings is 1. The zero-order valence-corrected chi connectivity index (χ0v) is 19.5. The number of fused-ring (bicyclic) bond motifs is 1. The summed E-state index contributed by atoms with van der Waals surface area (Å²) in [6.07, 6.45) is 0.857. The second kappa shape index (κ2) is 8.66. The lowest BCUT2D eigenvalue weighted by Gasteiger charge is -2.23. The first-order valence-electron chi connectivity index (χ1n) is 10.6. The van der Waals surface area contributed by atoms with Crippen molar-refractivity contribution in [3.8, 4) is 0 Å². The monoisotopic (exact) mass is 492 g/mol. The number of ketones is 1. The van der Waals surface area contributed by atoms with E-state index in [4.69, 9.17) is 11.6 Å². The predicted molar refractivity (Wildman–Crippen MR) is 132 cm³/mol. The Balaban J connectivity index is 1.71. The number of hydrogen-bond donors (Lipinski definition) is 1. The minimum atomic E-state index is -0.923. The third kappa shape index (κ3) is 3.77. The minimum Gasteiger partial charge on any atom is -0.507 e. The molecule has 5 rings (SSSR count). The van der Waals surface area contributed by atoms with Gasteiger partial charge in [0.2, 0.25) is 0 Å². The Morgan fingerprint density at radius 3 is 2.47 bits per heavy atom. The number of hydrogen-bond acceptors (Lipinski definition) is 5. The summed E-state index contributed by atoms with van der Waals surface area (Å²) >= 11 is 7.37. The number of aliphatic hydroxyl groups is 1. The van der Waals surface area contributed by atoms with Crippen LogP contribution in [0.25, 0.3) is 16.0 Å². The van der Waals surface area contributed by atoms with Crippen LogP contribution in [0.5, 0.6) is 0 Å². The highest BCUT2D eigenvalue weighted by Crippen LogP contribution is 2.44. The van der Waals surface area contributed by atoms with Gasteiger partial charge in [-0.1, -0.05) is 48.1 Å². The number of anilines is 1. The summed E-state index contributed by atoms with van der Waals surface area (Å²) < 4.78 is 14.3. The first-order chi connectivity index (χ1) is 16.4. The van der Waals surface area contributed by atoms with E-state index in [1.165, 1.54) is 40.5 Å². The zero-order chi connectivity index (χ0) is 24.0. The van der Waals surface area contributed by atoms with E-state index in [1.54, 1.807) is 24.3 Å². The molecule has 3 aromatic carbocycles. The lowest BCUT2D eigenvalue weighted by atomic mass is 9.95. The summed E-state index contributed by atoms with van der Waals surface area (Å²) in [5, 5.41) is 11.9. The van der Waals surface area contributed by atoms with Crippen molar-refractivity contribution in [3.05, 3.63) is 99.8 Å². The molecule has 8 heteroatoms. The maximum atomic E-state index is 13.4. The topological polar surface area (TPSA) is 70.5 Å². The molecule has 1 amide bonds. The number of carbonyl (C=O) groups excluding carboxylic acids is 2. The summed E-state index contributed by atoms with van der Waals surface area (Å²) in [6, 6.07) is 16.8. The normalized spacial score (nSPS) is 17.6. The molecule has 34 heavy (non-hydrogen) atoms. The summed E-state index contributed by atoms with van der Waals surface area (Å²) in [5.41, 5.74) is 2.58. The standard InChI is InChI=1S/C26H18ClFN2O3S/c1-2-14-3-12-19-20(13-14)34-26(29-19)30-22(15-4-8-17(27)9-5-15)21(24(32)25(30)33)23(31)16-6-10-18(28)11-7-16/h3-13,22,31H,2H2,1H3/t22-/m0/s1. The molecule has 1 atom stereocenters. The van der Waals surface area contributed by atoms with Gasteiger partial charge in [0, 0.05) is 10.6 Å². The SMILES string of the molecule is CCc1ccc2nc(N3C(=O)C(=O)C(=C(O)c4ccc(F)cc4)[C@@H]3c3ccc(Cl)cc3)sc2c1. The van der Waals surface area contributed by atoms with Gasteiger partial charge in [-0.2, -0.15) is 0 Å². The molecule has 1 fully saturated rings. The molecule has 0 unspecified atom stereocenters. The third-order valence-corrected chi connectivity index (χ3v) is 7.07. The molecular weight excluding hydrogens is 475 g/mol. The van der Waals surface area contributed by atoms with Gasteiger partial charge >= 0.3 is 5.91 Å². The molecule has 5 nitrogen and oxygen atoms in total. The molecule has 170 valence electrons. The number of nitrogens with zero attached hydrogens (tertiary/aromatic N) is 2. The molecule has 1 aliphatic heterocycles. The lowest BCUT2D eigenvalue weighted by molar-refractivity contribution is -0.132. The van der Waals surface area contributed by atoms with Crippen molar-refractivity contribution in [2.75, 3.05) is 4.90 Å². The third-order valence-electron chi connectivity index (χ3n) is 5.80. The van der Waals surface area contributed by atoms with Gasteiger partial charge in [0.25, 0.3) is 5.78 Å². The van der Waals surface area contributed by atoms with Gasteiger partial charge in [0.15, 0.2) is 5.13 Å². The highest BCUT2D eigenvalue weighted by atomic mass is 35.5. The van der Waals surface area contributed by atoms with Crippen molar-refractivity contribution < 1.29 is 19.1 Å². The van der Waals surface area contributed by atoms with Crippen LogP contribution in [0.2, 0.25) is 5.02 Å². The molecule has 0 bridgehead atoms. The molecule has 4 aromatic rings. The molecular formula is C26H18ClFN2O3S.